The topological polar surface area (TPSA) is 68.0 Å². The van der Waals surface area contributed by atoms with Crippen LogP contribution in [0.15, 0.2) is 58.1 Å². The van der Waals surface area contributed by atoms with E-state index in [9.17, 15) is 4.79 Å². The molecule has 3 rings (SSSR count). The first-order chi connectivity index (χ1) is 12.6. The van der Waals surface area contributed by atoms with Crippen molar-refractivity contribution >= 4 is 17.7 Å². The Hall–Kier alpha value is -2.60. The third kappa shape index (κ3) is 4.14. The molecule has 26 heavy (non-hydrogen) atoms. The number of aromatic nitrogens is 2. The Labute approximate surface area is 157 Å². The number of nitrogens with zero attached hydrogens (tertiary/aromatic N) is 2. The van der Waals surface area contributed by atoms with E-state index in [1.165, 1.54) is 0 Å². The lowest BCUT2D eigenvalue weighted by atomic mass is 10.1. The lowest BCUT2D eigenvalue weighted by molar-refractivity contribution is 0.0936. The molecule has 5 nitrogen and oxygen atoms in total. The van der Waals surface area contributed by atoms with Crippen molar-refractivity contribution in [3.05, 3.63) is 76.9 Å². The molecular formula is C20H21N3O2S. The normalized spacial score (nSPS) is 12.0. The fraction of sp³-hybridized carbons (Fsp3) is 0.250. The van der Waals surface area contributed by atoms with Crippen molar-refractivity contribution in [2.45, 2.75) is 37.5 Å². The number of carbonyl (C=O) groups excluding carboxylic acids is 1. The second-order valence-electron chi connectivity index (χ2n) is 6.04. The molecule has 6 heteroatoms. The number of benzene rings is 1. The van der Waals surface area contributed by atoms with Crippen molar-refractivity contribution in [2.75, 3.05) is 0 Å². The summed E-state index contributed by atoms with van der Waals surface area (Å²) < 4.78 is 5.21. The molecule has 1 amide bonds. The monoisotopic (exact) mass is 367 g/mol. The van der Waals surface area contributed by atoms with Gasteiger partial charge in [-0.1, -0.05) is 23.4 Å². The Balaban J connectivity index is 1.73. The van der Waals surface area contributed by atoms with Gasteiger partial charge in [-0.3, -0.25) is 9.78 Å². The maximum Gasteiger partial charge on any atom is 0.252 e. The number of rotatable bonds is 6. The fourth-order valence-electron chi connectivity index (χ4n) is 2.62. The molecule has 0 radical (unpaired) electrons. The van der Waals surface area contributed by atoms with Gasteiger partial charge >= 0.3 is 0 Å². The van der Waals surface area contributed by atoms with Crippen LogP contribution >= 0.6 is 11.8 Å². The molecule has 1 unspecified atom stereocenters. The molecule has 2 heterocycles. The predicted molar refractivity (Wildman–Crippen MR) is 102 cm³/mol. The molecule has 0 saturated heterocycles. The number of amides is 1. The SMILES string of the molecule is Cc1noc(C)c1CSc1ccccc1C(=O)NC(C)c1ccccn1. The molecule has 0 aliphatic carbocycles. The Bertz CT molecular complexity index is 874. The first kappa shape index (κ1) is 18.2. The van der Waals surface area contributed by atoms with Crippen molar-refractivity contribution in [2.24, 2.45) is 0 Å². The average molecular weight is 367 g/mol. The summed E-state index contributed by atoms with van der Waals surface area (Å²) in [5, 5.41) is 7.01. The lowest BCUT2D eigenvalue weighted by Crippen LogP contribution is -2.27. The standard InChI is InChI=1S/C20H21N3O2S/c1-13-17(15(3)25-23-13)12-26-19-10-5-4-8-16(19)20(24)22-14(2)18-9-6-7-11-21-18/h4-11,14H,12H2,1-3H3,(H,22,24). The summed E-state index contributed by atoms with van der Waals surface area (Å²) in [5.41, 5.74) is 3.46. The quantitative estimate of drug-likeness (QED) is 0.651. The Kier molecular flexibility index (Phi) is 5.73. The number of carbonyl (C=O) groups is 1. The third-order valence-corrected chi connectivity index (χ3v) is 5.26. The number of hydrogen-bond donors (Lipinski definition) is 1. The highest BCUT2D eigenvalue weighted by molar-refractivity contribution is 7.98. The second kappa shape index (κ2) is 8.19. The third-order valence-electron chi connectivity index (χ3n) is 4.16. The maximum atomic E-state index is 12.8. The van der Waals surface area contributed by atoms with Gasteiger partial charge in [0.2, 0.25) is 0 Å². The summed E-state index contributed by atoms with van der Waals surface area (Å²) in [5.74, 6) is 1.42. The van der Waals surface area contributed by atoms with Gasteiger partial charge in [-0.25, -0.2) is 0 Å². The molecule has 0 aliphatic heterocycles. The summed E-state index contributed by atoms with van der Waals surface area (Å²) >= 11 is 1.61. The van der Waals surface area contributed by atoms with E-state index in [1.807, 2.05) is 63.2 Å². The Morgan fingerprint density at radius 1 is 1.19 bits per heavy atom. The van der Waals surface area contributed by atoms with E-state index >= 15 is 0 Å². The molecule has 134 valence electrons. The first-order valence-electron chi connectivity index (χ1n) is 8.41. The van der Waals surface area contributed by atoms with Crippen molar-refractivity contribution in [1.82, 2.24) is 15.5 Å². The van der Waals surface area contributed by atoms with Crippen LogP contribution in [0.1, 0.15) is 46.0 Å². The summed E-state index contributed by atoms with van der Waals surface area (Å²) in [7, 11) is 0. The number of thioether (sulfide) groups is 1. The van der Waals surface area contributed by atoms with Gasteiger partial charge in [-0.2, -0.15) is 0 Å². The van der Waals surface area contributed by atoms with Gasteiger partial charge in [0.25, 0.3) is 5.91 Å². The van der Waals surface area contributed by atoms with Crippen molar-refractivity contribution < 1.29 is 9.32 Å². The number of pyridine rings is 1. The van der Waals surface area contributed by atoms with Gasteiger partial charge in [-0.05, 0) is 45.0 Å². The van der Waals surface area contributed by atoms with Crippen LogP contribution in [-0.4, -0.2) is 16.0 Å². The lowest BCUT2D eigenvalue weighted by Gasteiger charge is -2.15. The number of nitrogens with one attached hydrogen (secondary N) is 1. The second-order valence-corrected chi connectivity index (χ2v) is 7.05. The summed E-state index contributed by atoms with van der Waals surface area (Å²) in [6, 6.07) is 13.1. The van der Waals surface area contributed by atoms with Gasteiger partial charge in [-0.15, -0.1) is 11.8 Å². The van der Waals surface area contributed by atoms with Gasteiger partial charge in [0.05, 0.1) is 23.0 Å². The van der Waals surface area contributed by atoms with Crippen molar-refractivity contribution in [3.63, 3.8) is 0 Å². The summed E-state index contributed by atoms with van der Waals surface area (Å²) in [6.45, 7) is 5.77. The van der Waals surface area contributed by atoms with E-state index in [-0.39, 0.29) is 11.9 Å². The highest BCUT2D eigenvalue weighted by atomic mass is 32.2. The smallest absolute Gasteiger partial charge is 0.252 e. The van der Waals surface area contributed by atoms with Crippen LogP contribution in [0.5, 0.6) is 0 Å². The highest BCUT2D eigenvalue weighted by Gasteiger charge is 2.17. The fourth-order valence-corrected chi connectivity index (χ4v) is 3.82. The van der Waals surface area contributed by atoms with E-state index < -0.39 is 0 Å². The van der Waals surface area contributed by atoms with Crippen LogP contribution in [0.25, 0.3) is 0 Å². The van der Waals surface area contributed by atoms with Gasteiger partial charge in [0.1, 0.15) is 5.76 Å². The first-order valence-corrected chi connectivity index (χ1v) is 9.40. The molecule has 0 spiro atoms. The molecule has 0 aliphatic rings. The molecule has 1 aromatic carbocycles. The molecular weight excluding hydrogens is 346 g/mol. The molecule has 1 atom stereocenters. The van der Waals surface area contributed by atoms with Gasteiger partial charge in [0, 0.05) is 22.4 Å². The zero-order chi connectivity index (χ0) is 18.5. The average Bonchev–Trinajstić information content (AvgIpc) is 2.98. The zero-order valence-electron chi connectivity index (χ0n) is 15.0. The van der Waals surface area contributed by atoms with Crippen LogP contribution < -0.4 is 5.32 Å². The Morgan fingerprint density at radius 2 is 1.96 bits per heavy atom. The molecule has 0 bridgehead atoms. The molecule has 0 fully saturated rings. The number of aryl methyl sites for hydroxylation is 2. The van der Waals surface area contributed by atoms with Crippen molar-refractivity contribution in [1.29, 1.82) is 0 Å². The Morgan fingerprint density at radius 3 is 2.65 bits per heavy atom. The largest absolute Gasteiger partial charge is 0.361 e. The minimum absolute atomic E-state index is 0.106. The molecule has 1 N–H and O–H groups in total. The predicted octanol–water partition coefficient (Wildman–Crippen LogP) is 4.47. The maximum absolute atomic E-state index is 12.8. The van der Waals surface area contributed by atoms with E-state index in [1.54, 1.807) is 18.0 Å². The van der Waals surface area contributed by atoms with Crippen LogP contribution in [0.3, 0.4) is 0 Å². The van der Waals surface area contributed by atoms with Crippen LogP contribution in [-0.2, 0) is 5.75 Å². The van der Waals surface area contributed by atoms with E-state index in [0.29, 0.717) is 11.3 Å². The van der Waals surface area contributed by atoms with Crippen LogP contribution in [0.4, 0.5) is 0 Å². The van der Waals surface area contributed by atoms with Gasteiger partial charge in [0.15, 0.2) is 0 Å². The molecule has 3 aromatic rings. The van der Waals surface area contributed by atoms with Crippen LogP contribution in [0.2, 0.25) is 0 Å². The van der Waals surface area contributed by atoms with Crippen molar-refractivity contribution in [3.8, 4) is 0 Å². The van der Waals surface area contributed by atoms with Crippen LogP contribution in [0, 0.1) is 13.8 Å². The van der Waals surface area contributed by atoms with E-state index in [4.69, 9.17) is 4.52 Å². The minimum Gasteiger partial charge on any atom is -0.361 e. The molecule has 0 saturated carbocycles. The van der Waals surface area contributed by atoms with E-state index in [2.05, 4.69) is 15.5 Å². The van der Waals surface area contributed by atoms with Gasteiger partial charge < -0.3 is 9.84 Å². The summed E-state index contributed by atoms with van der Waals surface area (Å²) in [4.78, 5) is 18.0. The summed E-state index contributed by atoms with van der Waals surface area (Å²) in [6.07, 6.45) is 1.73. The van der Waals surface area contributed by atoms with E-state index in [0.717, 1.165) is 27.6 Å². The molecule has 2 aromatic heterocycles. The highest BCUT2D eigenvalue weighted by Crippen LogP contribution is 2.29. The minimum atomic E-state index is -0.163. The zero-order valence-corrected chi connectivity index (χ0v) is 15.8. The number of hydrogen-bond acceptors (Lipinski definition) is 5.